The molecule has 2 nitrogen and oxygen atoms in total. The van der Waals surface area contributed by atoms with Gasteiger partial charge in [0.1, 0.15) is 5.75 Å². The lowest BCUT2D eigenvalue weighted by molar-refractivity contribution is -0.134. The van der Waals surface area contributed by atoms with Gasteiger partial charge in [0.2, 0.25) is 0 Å². The highest BCUT2D eigenvalue weighted by molar-refractivity contribution is 6.35. The predicted molar refractivity (Wildman–Crippen MR) is 67.7 cm³/mol. The number of aromatic nitrogens is 1. The van der Waals surface area contributed by atoms with Crippen LogP contribution in [-0.2, 0) is 6.42 Å². The molecule has 102 valence electrons. The number of rotatable bonds is 3. The van der Waals surface area contributed by atoms with Gasteiger partial charge in [-0.1, -0.05) is 17.7 Å². The summed E-state index contributed by atoms with van der Waals surface area (Å²) in [4.78, 5) is 4.17. The summed E-state index contributed by atoms with van der Waals surface area (Å²) in [7, 11) is 1.46. The van der Waals surface area contributed by atoms with Gasteiger partial charge in [-0.15, -0.1) is 0 Å². The highest BCUT2D eigenvalue weighted by Crippen LogP contribution is 2.31. The molecule has 1 aromatic carbocycles. The lowest BCUT2D eigenvalue weighted by Crippen LogP contribution is -2.09. The number of hydrogen-bond acceptors (Lipinski definition) is 2. The van der Waals surface area contributed by atoms with E-state index in [9.17, 15) is 13.2 Å². The van der Waals surface area contributed by atoms with E-state index in [4.69, 9.17) is 16.3 Å². The van der Waals surface area contributed by atoms with Crippen LogP contribution in [0, 0.1) is 0 Å². The van der Waals surface area contributed by atoms with E-state index in [1.165, 1.54) is 13.2 Å². The second-order valence-electron chi connectivity index (χ2n) is 4.07. The van der Waals surface area contributed by atoms with Crippen molar-refractivity contribution in [2.24, 2.45) is 0 Å². The third-order valence-corrected chi connectivity index (χ3v) is 2.99. The van der Waals surface area contributed by atoms with Crippen molar-refractivity contribution in [2.75, 3.05) is 7.11 Å². The molecule has 0 radical (unpaired) electrons. The SMILES string of the molecule is COc1cc(CCC(F)(F)F)nc2c(Cl)cccc12. The zero-order chi connectivity index (χ0) is 14.0. The number of ether oxygens (including phenoxy) is 1. The third kappa shape index (κ3) is 3.29. The Morgan fingerprint density at radius 2 is 2.05 bits per heavy atom. The maximum atomic E-state index is 12.2. The van der Waals surface area contributed by atoms with Gasteiger partial charge in [0.05, 0.1) is 17.6 Å². The average molecular weight is 290 g/mol. The van der Waals surface area contributed by atoms with Gasteiger partial charge in [0, 0.05) is 23.6 Å². The molecular weight excluding hydrogens is 279 g/mol. The van der Waals surface area contributed by atoms with Gasteiger partial charge in [0.25, 0.3) is 0 Å². The molecule has 19 heavy (non-hydrogen) atoms. The molecule has 0 aliphatic rings. The van der Waals surface area contributed by atoms with Crippen LogP contribution in [0.25, 0.3) is 10.9 Å². The van der Waals surface area contributed by atoms with Crippen LogP contribution < -0.4 is 4.74 Å². The van der Waals surface area contributed by atoms with E-state index in [-0.39, 0.29) is 6.42 Å². The van der Waals surface area contributed by atoms with Gasteiger partial charge in [-0.3, -0.25) is 4.98 Å². The number of aryl methyl sites for hydroxylation is 1. The van der Waals surface area contributed by atoms with Crippen LogP contribution in [-0.4, -0.2) is 18.3 Å². The molecule has 0 unspecified atom stereocenters. The summed E-state index contributed by atoms with van der Waals surface area (Å²) in [6.45, 7) is 0. The molecule has 2 aromatic rings. The molecule has 0 amide bonds. The van der Waals surface area contributed by atoms with Crippen LogP contribution >= 0.6 is 11.6 Å². The number of benzene rings is 1. The van der Waals surface area contributed by atoms with Crippen molar-refractivity contribution in [3.63, 3.8) is 0 Å². The predicted octanol–water partition coefficient (Wildman–Crippen LogP) is 4.39. The van der Waals surface area contributed by atoms with E-state index in [1.54, 1.807) is 18.2 Å². The fourth-order valence-corrected chi connectivity index (χ4v) is 2.02. The van der Waals surface area contributed by atoms with Crippen molar-refractivity contribution in [3.05, 3.63) is 35.0 Å². The van der Waals surface area contributed by atoms with Crippen LogP contribution in [0.1, 0.15) is 12.1 Å². The summed E-state index contributed by atoms with van der Waals surface area (Å²) in [5.74, 6) is 0.477. The molecule has 1 aromatic heterocycles. The third-order valence-electron chi connectivity index (χ3n) is 2.69. The minimum atomic E-state index is -4.20. The van der Waals surface area contributed by atoms with Crippen LogP contribution in [0.5, 0.6) is 5.75 Å². The Morgan fingerprint density at radius 3 is 2.68 bits per heavy atom. The van der Waals surface area contributed by atoms with Crippen LogP contribution in [0.15, 0.2) is 24.3 Å². The minimum Gasteiger partial charge on any atom is -0.496 e. The normalized spacial score (nSPS) is 11.8. The van der Waals surface area contributed by atoms with E-state index in [1.807, 2.05) is 0 Å². The zero-order valence-electron chi connectivity index (χ0n) is 10.1. The van der Waals surface area contributed by atoms with Gasteiger partial charge in [-0.25, -0.2) is 0 Å². The van der Waals surface area contributed by atoms with Gasteiger partial charge in [-0.05, 0) is 18.6 Å². The van der Waals surface area contributed by atoms with Crippen molar-refractivity contribution in [3.8, 4) is 5.75 Å². The van der Waals surface area contributed by atoms with Crippen molar-refractivity contribution < 1.29 is 17.9 Å². The van der Waals surface area contributed by atoms with Crippen LogP contribution in [0.4, 0.5) is 13.2 Å². The molecule has 0 spiro atoms. The van der Waals surface area contributed by atoms with E-state index in [0.29, 0.717) is 27.4 Å². The first-order valence-corrected chi connectivity index (χ1v) is 5.97. The summed E-state index contributed by atoms with van der Waals surface area (Å²) < 4.78 is 41.9. The quantitative estimate of drug-likeness (QED) is 0.836. The van der Waals surface area contributed by atoms with Gasteiger partial charge >= 0.3 is 6.18 Å². The number of pyridine rings is 1. The maximum Gasteiger partial charge on any atom is 0.389 e. The molecule has 0 atom stereocenters. The summed E-state index contributed by atoms with van der Waals surface area (Å²) >= 11 is 6.01. The number of nitrogens with zero attached hydrogens (tertiary/aromatic N) is 1. The van der Waals surface area contributed by atoms with Crippen LogP contribution in [0.3, 0.4) is 0 Å². The Labute approximate surface area is 113 Å². The minimum absolute atomic E-state index is 0.193. The lowest BCUT2D eigenvalue weighted by Gasteiger charge is -2.10. The molecule has 2 rings (SSSR count). The second-order valence-corrected chi connectivity index (χ2v) is 4.47. The number of hydrogen-bond donors (Lipinski definition) is 0. The van der Waals surface area contributed by atoms with Gasteiger partial charge in [0.15, 0.2) is 0 Å². The monoisotopic (exact) mass is 289 g/mol. The van der Waals surface area contributed by atoms with Crippen molar-refractivity contribution >= 4 is 22.5 Å². The number of alkyl halides is 3. The summed E-state index contributed by atoms with van der Waals surface area (Å²) in [6, 6.07) is 6.67. The first kappa shape index (κ1) is 13.9. The fourth-order valence-electron chi connectivity index (χ4n) is 1.80. The molecular formula is C13H11ClF3NO. The smallest absolute Gasteiger partial charge is 0.389 e. The Bertz CT molecular complexity index is 598. The first-order valence-electron chi connectivity index (χ1n) is 5.59. The standard InChI is InChI=1S/C13H11ClF3NO/c1-19-11-7-8(5-6-13(15,16)17)18-12-9(11)3-2-4-10(12)14/h2-4,7H,5-6H2,1H3. The fraction of sp³-hybridized carbons (Fsp3) is 0.308. The number of halogens is 4. The van der Waals surface area contributed by atoms with E-state index in [0.717, 1.165) is 0 Å². The van der Waals surface area contributed by atoms with E-state index >= 15 is 0 Å². The Balaban J connectivity index is 2.44. The largest absolute Gasteiger partial charge is 0.496 e. The number of fused-ring (bicyclic) bond motifs is 1. The average Bonchev–Trinajstić information content (AvgIpc) is 2.35. The molecule has 0 saturated heterocycles. The molecule has 0 aliphatic heterocycles. The molecule has 0 fully saturated rings. The first-order chi connectivity index (χ1) is 8.90. The number of methoxy groups -OCH3 is 1. The Hall–Kier alpha value is -1.49. The van der Waals surface area contributed by atoms with E-state index < -0.39 is 12.6 Å². The second kappa shape index (κ2) is 5.25. The molecule has 0 bridgehead atoms. The highest BCUT2D eigenvalue weighted by Gasteiger charge is 2.27. The lowest BCUT2D eigenvalue weighted by atomic mass is 10.1. The molecule has 6 heteroatoms. The summed E-state index contributed by atoms with van der Waals surface area (Å²) in [5.41, 5.74) is 0.774. The van der Waals surface area contributed by atoms with E-state index in [2.05, 4.69) is 4.98 Å². The van der Waals surface area contributed by atoms with Crippen molar-refractivity contribution in [1.29, 1.82) is 0 Å². The van der Waals surface area contributed by atoms with Crippen molar-refractivity contribution in [1.82, 2.24) is 4.98 Å². The topological polar surface area (TPSA) is 22.1 Å². The molecule has 1 heterocycles. The van der Waals surface area contributed by atoms with Crippen LogP contribution in [0.2, 0.25) is 5.02 Å². The Morgan fingerprint density at radius 1 is 1.32 bits per heavy atom. The molecule has 0 saturated carbocycles. The van der Waals surface area contributed by atoms with Gasteiger partial charge in [-0.2, -0.15) is 13.2 Å². The Kier molecular flexibility index (Phi) is 3.85. The molecule has 0 N–H and O–H groups in total. The maximum absolute atomic E-state index is 12.2. The molecule has 0 aliphatic carbocycles. The van der Waals surface area contributed by atoms with Crippen molar-refractivity contribution in [2.45, 2.75) is 19.0 Å². The summed E-state index contributed by atoms with van der Waals surface area (Å²) in [6.07, 6.45) is -5.31. The highest BCUT2D eigenvalue weighted by atomic mass is 35.5. The summed E-state index contributed by atoms with van der Waals surface area (Å²) in [5, 5.41) is 1.08. The van der Waals surface area contributed by atoms with Gasteiger partial charge < -0.3 is 4.74 Å². The number of para-hydroxylation sites is 1. The zero-order valence-corrected chi connectivity index (χ0v) is 10.8.